The van der Waals surface area contributed by atoms with Crippen LogP contribution in [0.3, 0.4) is 0 Å². The van der Waals surface area contributed by atoms with Crippen molar-refractivity contribution < 1.29 is 22.7 Å². The maximum absolute atomic E-state index is 14.6. The number of aryl methyl sites for hydroxylation is 3. The van der Waals surface area contributed by atoms with E-state index in [1.807, 2.05) is 46.9 Å². The molecule has 0 atom stereocenters. The van der Waals surface area contributed by atoms with Crippen molar-refractivity contribution in [1.82, 2.24) is 0 Å². The van der Waals surface area contributed by atoms with E-state index in [2.05, 4.69) is 0 Å². The molecular weight excluding hydrogens is 453 g/mol. The van der Waals surface area contributed by atoms with Crippen LogP contribution in [-0.2, 0) is 31.9 Å². The second-order valence-electron chi connectivity index (χ2n) is 11.6. The summed E-state index contributed by atoms with van der Waals surface area (Å²) in [6.45, 7) is 11.9. The van der Waals surface area contributed by atoms with Crippen molar-refractivity contribution in [2.45, 2.75) is 103 Å². The van der Waals surface area contributed by atoms with E-state index in [-0.39, 0.29) is 16.5 Å². The molecule has 2 nitrogen and oxygen atoms in total. The lowest BCUT2D eigenvalue weighted by Gasteiger charge is -2.39. The Morgan fingerprint density at radius 2 is 1.32 bits per heavy atom. The summed E-state index contributed by atoms with van der Waals surface area (Å²) < 4.78 is 50.3. The lowest BCUT2D eigenvalue weighted by molar-refractivity contribution is -0.138. The van der Waals surface area contributed by atoms with Crippen LogP contribution in [0.1, 0.15) is 79.8 Å². The molecule has 34 heavy (non-hydrogen) atoms. The Balaban J connectivity index is 2.14. The summed E-state index contributed by atoms with van der Waals surface area (Å²) in [6.07, 6.45) is 2.29. The number of phenolic OH excluding ortho intramolecular Hbond substituents is 1. The lowest BCUT2D eigenvalue weighted by atomic mass is 9.78. The van der Waals surface area contributed by atoms with Crippen LogP contribution in [-0.4, -0.2) is 13.4 Å². The molecule has 0 saturated heterocycles. The predicted molar refractivity (Wildman–Crippen MR) is 134 cm³/mol. The van der Waals surface area contributed by atoms with E-state index in [0.29, 0.717) is 24.0 Å². The summed E-state index contributed by atoms with van der Waals surface area (Å²) >= 11 is 0. The number of hydrogen-bond donors (Lipinski definition) is 1. The number of fused-ring (bicyclic) bond motifs is 2. The molecule has 2 aliphatic carbocycles. The molecule has 2 aliphatic rings. The molecule has 1 N–H and O–H groups in total. The molecule has 0 aromatic heterocycles. The Morgan fingerprint density at radius 1 is 0.824 bits per heavy atom. The van der Waals surface area contributed by atoms with Gasteiger partial charge in [0, 0.05) is 11.1 Å². The third kappa shape index (κ3) is 4.38. The van der Waals surface area contributed by atoms with Crippen LogP contribution < -0.4 is 4.43 Å². The third-order valence-electron chi connectivity index (χ3n) is 8.13. The van der Waals surface area contributed by atoms with Gasteiger partial charge in [-0.15, -0.1) is 0 Å². The number of hydrogen-bond acceptors (Lipinski definition) is 2. The summed E-state index contributed by atoms with van der Waals surface area (Å²) in [6, 6.07) is 3.35. The third-order valence-corrected chi connectivity index (χ3v) is 12.5. The zero-order valence-electron chi connectivity index (χ0n) is 21.3. The normalized spacial score (nSPS) is 16.7. The summed E-state index contributed by atoms with van der Waals surface area (Å²) in [5.41, 5.74) is 4.96. The van der Waals surface area contributed by atoms with Gasteiger partial charge in [-0.2, -0.15) is 13.2 Å². The van der Waals surface area contributed by atoms with Crippen molar-refractivity contribution in [2.24, 2.45) is 0 Å². The highest BCUT2D eigenvalue weighted by Crippen LogP contribution is 2.53. The van der Waals surface area contributed by atoms with E-state index in [1.54, 1.807) is 0 Å². The van der Waals surface area contributed by atoms with E-state index in [1.165, 1.54) is 6.07 Å². The van der Waals surface area contributed by atoms with Gasteiger partial charge in [0.1, 0.15) is 11.5 Å². The molecule has 0 radical (unpaired) electrons. The second kappa shape index (κ2) is 8.61. The number of rotatable bonds is 3. The first-order valence-corrected chi connectivity index (χ1v) is 15.4. The Kier molecular flexibility index (Phi) is 6.37. The van der Waals surface area contributed by atoms with Gasteiger partial charge in [0.15, 0.2) is 0 Å². The van der Waals surface area contributed by atoms with Crippen LogP contribution in [0.25, 0.3) is 11.1 Å². The van der Waals surface area contributed by atoms with Gasteiger partial charge in [-0.05, 0) is 110 Å². The monoisotopic (exact) mass is 490 g/mol. The van der Waals surface area contributed by atoms with Crippen molar-refractivity contribution in [3.05, 3.63) is 45.5 Å². The van der Waals surface area contributed by atoms with Gasteiger partial charge in [-0.3, -0.25) is 0 Å². The highest BCUT2D eigenvalue weighted by atomic mass is 28.4. The van der Waals surface area contributed by atoms with E-state index >= 15 is 0 Å². The van der Waals surface area contributed by atoms with E-state index < -0.39 is 20.1 Å². The molecule has 186 valence electrons. The van der Waals surface area contributed by atoms with Crippen LogP contribution in [0.2, 0.25) is 18.1 Å². The standard InChI is InChI=1S/C28H37F3O2Si/c1-17-15-18-11-7-9-13-20(18)23(25(17)32)24-21-14-10-8-12-19(21)16-22(28(29,30)31)26(24)33-34(5,6)27(2,3)4/h15-16,32H,7-14H2,1-6H3. The van der Waals surface area contributed by atoms with Crippen LogP contribution in [0.15, 0.2) is 12.1 Å². The fourth-order valence-electron chi connectivity index (χ4n) is 5.19. The first-order valence-electron chi connectivity index (χ1n) is 12.5. The van der Waals surface area contributed by atoms with Gasteiger partial charge < -0.3 is 9.53 Å². The maximum atomic E-state index is 14.6. The molecule has 4 rings (SSSR count). The van der Waals surface area contributed by atoms with Crippen molar-refractivity contribution in [3.63, 3.8) is 0 Å². The number of halogens is 3. The Morgan fingerprint density at radius 3 is 1.85 bits per heavy atom. The van der Waals surface area contributed by atoms with Crippen molar-refractivity contribution in [3.8, 4) is 22.6 Å². The average molecular weight is 491 g/mol. The highest BCUT2D eigenvalue weighted by molar-refractivity contribution is 6.74. The van der Waals surface area contributed by atoms with Crippen molar-refractivity contribution in [1.29, 1.82) is 0 Å². The van der Waals surface area contributed by atoms with Crippen LogP contribution in [0.4, 0.5) is 13.2 Å². The molecule has 2 aromatic carbocycles. The average Bonchev–Trinajstić information content (AvgIpc) is 2.73. The van der Waals surface area contributed by atoms with Gasteiger partial charge in [0.2, 0.25) is 0 Å². The van der Waals surface area contributed by atoms with Gasteiger partial charge >= 0.3 is 6.18 Å². The molecule has 0 heterocycles. The number of aromatic hydroxyl groups is 1. The zero-order valence-corrected chi connectivity index (χ0v) is 22.3. The number of phenols is 1. The SMILES string of the molecule is Cc1cc2c(c(-c3c4c(cc(C(F)(F)F)c3O[Si](C)(C)C(C)(C)C)CCCC4)c1O)CCCC2. The molecule has 6 heteroatoms. The summed E-state index contributed by atoms with van der Waals surface area (Å²) in [5, 5.41) is 11.1. The Hall–Kier alpha value is -1.95. The fourth-order valence-corrected chi connectivity index (χ4v) is 6.22. The predicted octanol–water partition coefficient (Wildman–Crippen LogP) is 8.53. The van der Waals surface area contributed by atoms with E-state index in [0.717, 1.165) is 66.3 Å². The van der Waals surface area contributed by atoms with Crippen LogP contribution in [0.5, 0.6) is 11.5 Å². The molecule has 0 saturated carbocycles. The summed E-state index contributed by atoms with van der Waals surface area (Å²) in [4.78, 5) is 0. The van der Waals surface area contributed by atoms with Crippen LogP contribution in [0, 0.1) is 6.92 Å². The number of alkyl halides is 3. The first kappa shape index (κ1) is 25.1. The van der Waals surface area contributed by atoms with Crippen molar-refractivity contribution >= 4 is 8.32 Å². The number of benzene rings is 2. The zero-order chi connectivity index (χ0) is 25.1. The van der Waals surface area contributed by atoms with Crippen molar-refractivity contribution in [2.75, 3.05) is 0 Å². The topological polar surface area (TPSA) is 29.5 Å². The summed E-state index contributed by atoms with van der Waals surface area (Å²) in [7, 11) is -2.61. The van der Waals surface area contributed by atoms with Gasteiger partial charge in [-0.1, -0.05) is 26.8 Å². The molecule has 0 unspecified atom stereocenters. The second-order valence-corrected chi connectivity index (χ2v) is 16.3. The minimum Gasteiger partial charge on any atom is -0.543 e. The quantitative estimate of drug-likeness (QED) is 0.437. The lowest BCUT2D eigenvalue weighted by Crippen LogP contribution is -2.44. The molecule has 0 amide bonds. The summed E-state index contributed by atoms with van der Waals surface area (Å²) in [5.74, 6) is 0.0428. The highest BCUT2D eigenvalue weighted by Gasteiger charge is 2.44. The van der Waals surface area contributed by atoms with Gasteiger partial charge in [-0.25, -0.2) is 0 Å². The molecular formula is C28H37F3O2Si. The molecule has 0 fully saturated rings. The van der Waals surface area contributed by atoms with E-state index in [4.69, 9.17) is 4.43 Å². The molecule has 2 aromatic rings. The minimum atomic E-state index is -4.54. The smallest absolute Gasteiger partial charge is 0.419 e. The van der Waals surface area contributed by atoms with Gasteiger partial charge in [0.05, 0.1) is 5.56 Å². The molecule has 0 spiro atoms. The fraction of sp³-hybridized carbons (Fsp3) is 0.571. The van der Waals surface area contributed by atoms with E-state index in [9.17, 15) is 18.3 Å². The Labute approximate surface area is 202 Å². The maximum Gasteiger partial charge on any atom is 0.419 e. The first-order chi connectivity index (χ1) is 15.7. The molecule has 0 bridgehead atoms. The van der Waals surface area contributed by atoms with Gasteiger partial charge in [0.25, 0.3) is 8.32 Å². The largest absolute Gasteiger partial charge is 0.543 e. The van der Waals surface area contributed by atoms with Crippen LogP contribution >= 0.6 is 0 Å². The Bertz CT molecular complexity index is 1110. The molecule has 0 aliphatic heterocycles. The minimum absolute atomic E-state index is 0.0617.